The first-order chi connectivity index (χ1) is 29.4. The van der Waals surface area contributed by atoms with Crippen molar-refractivity contribution in [3.05, 3.63) is 112 Å². The van der Waals surface area contributed by atoms with E-state index >= 15 is 0 Å². The summed E-state index contributed by atoms with van der Waals surface area (Å²) in [5.74, 6) is 2.00. The summed E-state index contributed by atoms with van der Waals surface area (Å²) >= 11 is 1.72. The van der Waals surface area contributed by atoms with Crippen LogP contribution in [0.5, 0.6) is 11.5 Å². The highest BCUT2D eigenvalue weighted by Crippen LogP contribution is 2.58. The molecule has 0 aliphatic carbocycles. The molecule has 0 radical (unpaired) electrons. The van der Waals surface area contributed by atoms with Crippen LogP contribution < -0.4 is 15.0 Å². The SMILES string of the molecule is COc1ccc(C(SC[C@@]23COC([C@H](n4cnc5c(=O)[nH]c(N=CN(C)C)nc54)O2)[C@H]3OP(OCCC#N)N(C(C)C)C(C)C)(c2ccccc2)c2ccc(OC)cc2)cc1. The highest BCUT2D eigenvalue weighted by molar-refractivity contribution is 8.00. The summed E-state index contributed by atoms with van der Waals surface area (Å²) in [6.07, 6.45) is 1.21. The molecule has 0 saturated carbocycles. The Balaban J connectivity index is 1.37. The zero-order valence-electron chi connectivity index (χ0n) is 35.7. The maximum Gasteiger partial charge on any atom is 0.280 e. The molecule has 3 aromatic carbocycles. The van der Waals surface area contributed by atoms with Crippen LogP contribution in [0.15, 0.2) is 95.0 Å². The Morgan fingerprint density at radius 1 is 1.02 bits per heavy atom. The average molecular weight is 869 g/mol. The van der Waals surface area contributed by atoms with Gasteiger partial charge in [0.15, 0.2) is 17.4 Å². The Labute approximate surface area is 362 Å². The van der Waals surface area contributed by atoms with E-state index in [0.717, 1.165) is 28.2 Å². The van der Waals surface area contributed by atoms with E-state index < -0.39 is 42.9 Å². The van der Waals surface area contributed by atoms with Gasteiger partial charge in [0.2, 0.25) is 5.95 Å². The molecule has 5 aromatic rings. The van der Waals surface area contributed by atoms with Crippen LogP contribution in [0.25, 0.3) is 11.2 Å². The lowest BCUT2D eigenvalue weighted by Gasteiger charge is -2.41. The largest absolute Gasteiger partial charge is 0.497 e. The number of thioether (sulfide) groups is 1. The molecule has 2 aromatic heterocycles. The maximum absolute atomic E-state index is 13.3. The van der Waals surface area contributed by atoms with E-state index in [0.29, 0.717) is 11.4 Å². The Bertz CT molecular complexity index is 2320. The molecule has 17 heteroatoms. The molecule has 2 saturated heterocycles. The summed E-state index contributed by atoms with van der Waals surface area (Å²) in [6, 6.07) is 29.0. The van der Waals surface area contributed by atoms with Crippen molar-refractivity contribution in [3.63, 3.8) is 0 Å². The highest BCUT2D eigenvalue weighted by Gasteiger charge is 2.65. The Morgan fingerprint density at radius 3 is 2.21 bits per heavy atom. The van der Waals surface area contributed by atoms with Crippen molar-refractivity contribution in [1.29, 1.82) is 5.26 Å². The zero-order valence-corrected chi connectivity index (χ0v) is 37.4. The molecule has 2 unspecified atom stereocenters. The van der Waals surface area contributed by atoms with Crippen LogP contribution in [0, 0.1) is 11.3 Å². The Hall–Kier alpha value is -4.85. The minimum Gasteiger partial charge on any atom is -0.497 e. The van der Waals surface area contributed by atoms with E-state index in [9.17, 15) is 10.1 Å². The summed E-state index contributed by atoms with van der Waals surface area (Å²) in [6.45, 7) is 8.83. The van der Waals surface area contributed by atoms with E-state index in [-0.39, 0.29) is 43.2 Å². The number of rotatable bonds is 19. The number of ether oxygens (including phenoxy) is 4. The number of hydrogen-bond acceptors (Lipinski definition) is 13. The third-order valence-corrected chi connectivity index (χ3v) is 14.5. The molecule has 1 N–H and O–H groups in total. The minimum absolute atomic E-state index is 0.0562. The van der Waals surface area contributed by atoms with Crippen LogP contribution in [0.3, 0.4) is 0 Å². The molecule has 61 heavy (non-hydrogen) atoms. The molecule has 5 atom stereocenters. The number of aromatic amines is 1. The topological polar surface area (TPSA) is 162 Å². The molecular weight excluding hydrogens is 816 g/mol. The lowest BCUT2D eigenvalue weighted by atomic mass is 9.84. The normalized spacial score (nSPS) is 20.6. The molecule has 0 spiro atoms. The third kappa shape index (κ3) is 8.92. The number of benzene rings is 3. The lowest BCUT2D eigenvalue weighted by molar-refractivity contribution is -0.162. The van der Waals surface area contributed by atoms with Gasteiger partial charge in [0.1, 0.15) is 29.3 Å². The van der Waals surface area contributed by atoms with Gasteiger partial charge in [-0.15, -0.1) is 11.8 Å². The minimum atomic E-state index is -1.72. The van der Waals surface area contributed by atoms with Crippen molar-refractivity contribution < 1.29 is 28.0 Å². The lowest BCUT2D eigenvalue weighted by Crippen LogP contribution is -2.46. The Kier molecular flexibility index (Phi) is 13.8. The summed E-state index contributed by atoms with van der Waals surface area (Å²) < 4.78 is 42.1. The number of nitriles is 1. The van der Waals surface area contributed by atoms with Gasteiger partial charge in [0, 0.05) is 31.9 Å². The van der Waals surface area contributed by atoms with E-state index in [1.165, 1.54) is 0 Å². The van der Waals surface area contributed by atoms with E-state index in [2.05, 4.69) is 89.8 Å². The van der Waals surface area contributed by atoms with E-state index in [1.54, 1.807) is 48.1 Å². The first-order valence-corrected chi connectivity index (χ1v) is 22.3. The number of nitrogens with one attached hydrogen (secondary N) is 1. The predicted octanol–water partition coefficient (Wildman–Crippen LogP) is 7.41. The molecular formula is C44H53N8O7PS. The van der Waals surface area contributed by atoms with Crippen molar-refractivity contribution in [3.8, 4) is 17.6 Å². The first kappa shape index (κ1) is 44.2. The Morgan fingerprint density at radius 2 is 1.64 bits per heavy atom. The van der Waals surface area contributed by atoms with Crippen molar-refractivity contribution >= 4 is 43.7 Å². The van der Waals surface area contributed by atoms with Crippen molar-refractivity contribution in [1.82, 2.24) is 29.1 Å². The van der Waals surface area contributed by atoms with Gasteiger partial charge in [0.05, 0.1) is 57.3 Å². The zero-order chi connectivity index (χ0) is 43.3. The number of fused-ring (bicyclic) bond motifs is 3. The van der Waals surface area contributed by atoms with Gasteiger partial charge in [-0.2, -0.15) is 10.2 Å². The molecule has 2 aliphatic heterocycles. The number of H-pyrrole nitrogens is 1. The van der Waals surface area contributed by atoms with Crippen molar-refractivity contribution in [2.75, 3.05) is 47.3 Å². The molecule has 2 fully saturated rings. The standard InChI is InChI=1S/C44H53N8O7PS/c1-29(2)52(30(3)4)60(57-24-12-23-45)59-38-37-41(51-28-46-36-39(51)48-42(49-40(36)53)47-27-50(5)6)58-43(38,25-56-37)26-61-44(31-13-10-9-11-14-31,32-15-19-34(54-7)20-16-32)33-17-21-35(55-8)22-18-33/h9-11,13-22,27-30,37-38,41H,12,24-26H2,1-8H3,(H,48,49,53)/t37?,38-,41-,43-,60?/m1/s1. The second-order valence-electron chi connectivity index (χ2n) is 15.6. The number of nitrogens with zero attached hydrogens (tertiary/aromatic N) is 7. The fourth-order valence-corrected chi connectivity index (χ4v) is 11.4. The van der Waals surface area contributed by atoms with Crippen LogP contribution >= 0.6 is 20.3 Å². The van der Waals surface area contributed by atoms with Gasteiger partial charge in [-0.1, -0.05) is 54.6 Å². The fraction of sp³-hybridized carbons (Fsp3) is 0.432. The number of methoxy groups -OCH3 is 2. The van der Waals surface area contributed by atoms with Crippen LogP contribution in [-0.2, 0) is 23.3 Å². The fourth-order valence-electron chi connectivity index (χ4n) is 7.90. The third-order valence-electron chi connectivity index (χ3n) is 10.7. The summed E-state index contributed by atoms with van der Waals surface area (Å²) in [7, 11) is 5.26. The molecule has 7 rings (SSSR count). The van der Waals surface area contributed by atoms with Crippen LogP contribution in [0.2, 0.25) is 0 Å². The molecule has 2 bridgehead atoms. The van der Waals surface area contributed by atoms with Gasteiger partial charge in [-0.25, -0.2) is 14.6 Å². The smallest absolute Gasteiger partial charge is 0.280 e. The molecule has 4 heterocycles. The summed E-state index contributed by atoms with van der Waals surface area (Å²) in [5.41, 5.74) is 2.06. The summed E-state index contributed by atoms with van der Waals surface area (Å²) in [5, 5.41) is 9.48. The molecule has 0 amide bonds. The predicted molar refractivity (Wildman–Crippen MR) is 237 cm³/mol. The van der Waals surface area contributed by atoms with Gasteiger partial charge in [-0.05, 0) is 68.7 Å². The first-order valence-electron chi connectivity index (χ1n) is 20.1. The van der Waals surface area contributed by atoms with Crippen LogP contribution in [0.4, 0.5) is 5.95 Å². The molecule has 2 aliphatic rings. The van der Waals surface area contributed by atoms with E-state index in [1.807, 2.05) is 56.6 Å². The van der Waals surface area contributed by atoms with Gasteiger partial charge >= 0.3 is 0 Å². The van der Waals surface area contributed by atoms with Gasteiger partial charge in [-0.3, -0.25) is 14.3 Å². The number of imidazole rings is 1. The molecule has 322 valence electrons. The van der Waals surface area contributed by atoms with Gasteiger partial charge in [0.25, 0.3) is 14.1 Å². The average Bonchev–Trinajstić information content (AvgIpc) is 3.93. The van der Waals surface area contributed by atoms with Crippen LogP contribution in [-0.4, -0.2) is 113 Å². The summed E-state index contributed by atoms with van der Waals surface area (Å²) in [4.78, 5) is 31.3. The van der Waals surface area contributed by atoms with Crippen LogP contribution in [0.1, 0.15) is 57.0 Å². The molecule has 15 nitrogen and oxygen atoms in total. The quantitative estimate of drug-likeness (QED) is 0.0288. The van der Waals surface area contributed by atoms with Crippen molar-refractivity contribution in [2.24, 2.45) is 4.99 Å². The number of aliphatic imine (C=N–C) groups is 1. The second-order valence-corrected chi connectivity index (χ2v) is 18.2. The monoisotopic (exact) mass is 868 g/mol. The van der Waals surface area contributed by atoms with Gasteiger partial charge < -0.3 is 32.9 Å². The van der Waals surface area contributed by atoms with E-state index in [4.69, 9.17) is 33.0 Å². The maximum atomic E-state index is 13.3. The van der Waals surface area contributed by atoms with Crippen molar-refractivity contribution in [2.45, 2.75) is 75.0 Å². The number of hydrogen-bond donors (Lipinski definition) is 1. The highest BCUT2D eigenvalue weighted by atomic mass is 32.2. The second kappa shape index (κ2) is 19.0. The number of aromatic nitrogens is 4.